The Hall–Kier alpha value is -1.77. The lowest BCUT2D eigenvalue weighted by atomic mass is 9.63. The minimum atomic E-state index is -0.578. The van der Waals surface area contributed by atoms with Crippen molar-refractivity contribution in [2.75, 3.05) is 0 Å². The molecule has 1 heterocycles. The van der Waals surface area contributed by atoms with Crippen molar-refractivity contribution in [3.05, 3.63) is 29.3 Å². The summed E-state index contributed by atoms with van der Waals surface area (Å²) in [6.07, 6.45) is 8.40. The molecule has 0 saturated heterocycles. The summed E-state index contributed by atoms with van der Waals surface area (Å²) in [6, 6.07) is 3.82. The molecule has 1 aromatic carbocycles. The van der Waals surface area contributed by atoms with Crippen molar-refractivity contribution in [1.29, 1.82) is 0 Å². The van der Waals surface area contributed by atoms with Crippen LogP contribution in [0.3, 0.4) is 0 Å². The van der Waals surface area contributed by atoms with Gasteiger partial charge in [0.25, 0.3) is 0 Å². The Bertz CT molecular complexity index is 744. The first-order valence-electron chi connectivity index (χ1n) is 9.22. The molecule has 128 valence electrons. The lowest BCUT2D eigenvalue weighted by Crippen LogP contribution is -2.45. The van der Waals surface area contributed by atoms with E-state index in [1.54, 1.807) is 0 Å². The zero-order valence-electron chi connectivity index (χ0n) is 14.8. The SMILES string of the molecule is CCCCCc1cc(O)c2c(c1)OC(=O)[C@]13CCC(C=C21)C3(C)C. The van der Waals surface area contributed by atoms with Crippen molar-refractivity contribution in [2.24, 2.45) is 16.7 Å². The highest BCUT2D eigenvalue weighted by atomic mass is 16.5. The summed E-state index contributed by atoms with van der Waals surface area (Å²) in [5.41, 5.74) is 2.10. The molecule has 1 N–H and O–H groups in total. The molecule has 1 fully saturated rings. The van der Waals surface area contributed by atoms with Crippen LogP contribution in [0.2, 0.25) is 0 Å². The summed E-state index contributed by atoms with van der Waals surface area (Å²) in [5.74, 6) is 1.07. The van der Waals surface area contributed by atoms with Crippen molar-refractivity contribution in [2.45, 2.75) is 59.3 Å². The maximum Gasteiger partial charge on any atom is 0.322 e. The number of esters is 1. The monoisotopic (exact) mass is 326 g/mol. The molecule has 1 aromatic rings. The topological polar surface area (TPSA) is 46.5 Å². The van der Waals surface area contributed by atoms with E-state index in [9.17, 15) is 9.90 Å². The quantitative estimate of drug-likeness (QED) is 0.488. The fraction of sp³-hybridized carbons (Fsp3) is 0.571. The Morgan fingerprint density at radius 1 is 1.29 bits per heavy atom. The van der Waals surface area contributed by atoms with Gasteiger partial charge in [-0.05, 0) is 60.3 Å². The first-order valence-corrected chi connectivity index (χ1v) is 9.22. The van der Waals surface area contributed by atoms with Gasteiger partial charge in [-0.25, -0.2) is 0 Å². The molecule has 3 aliphatic rings. The van der Waals surface area contributed by atoms with Gasteiger partial charge < -0.3 is 9.84 Å². The minimum absolute atomic E-state index is 0.128. The number of fused-ring (bicyclic) bond motifs is 3. The molecule has 2 bridgehead atoms. The molecule has 1 spiro atoms. The lowest BCUT2D eigenvalue weighted by molar-refractivity contribution is -0.147. The maximum absolute atomic E-state index is 13.0. The summed E-state index contributed by atoms with van der Waals surface area (Å²) < 4.78 is 5.79. The molecule has 0 radical (unpaired) electrons. The number of carbonyl (C=O) groups is 1. The van der Waals surface area contributed by atoms with Crippen molar-refractivity contribution >= 4 is 11.5 Å². The third kappa shape index (κ3) is 1.81. The molecule has 2 aliphatic carbocycles. The van der Waals surface area contributed by atoms with Gasteiger partial charge in [-0.1, -0.05) is 39.7 Å². The van der Waals surface area contributed by atoms with Crippen LogP contribution < -0.4 is 4.74 Å². The third-order valence-electron chi connectivity index (χ3n) is 6.72. The maximum atomic E-state index is 13.0. The molecule has 1 aliphatic heterocycles. The molecular formula is C21H26O3. The van der Waals surface area contributed by atoms with Gasteiger partial charge in [-0.15, -0.1) is 0 Å². The van der Waals surface area contributed by atoms with Crippen LogP contribution in [0.1, 0.15) is 64.0 Å². The van der Waals surface area contributed by atoms with E-state index < -0.39 is 5.41 Å². The highest BCUT2D eigenvalue weighted by Gasteiger charge is 2.67. The molecule has 1 saturated carbocycles. The van der Waals surface area contributed by atoms with Gasteiger partial charge >= 0.3 is 5.97 Å². The predicted octanol–water partition coefficient (Wildman–Crippen LogP) is 4.86. The Kier molecular flexibility index (Phi) is 3.35. The van der Waals surface area contributed by atoms with Crippen LogP contribution in [-0.4, -0.2) is 11.1 Å². The number of aryl methyl sites for hydroxylation is 1. The molecule has 3 heteroatoms. The van der Waals surface area contributed by atoms with Gasteiger partial charge in [0.05, 0.1) is 11.0 Å². The number of allylic oxidation sites excluding steroid dienone is 1. The average Bonchev–Trinajstić information content (AvgIpc) is 2.91. The third-order valence-corrected chi connectivity index (χ3v) is 6.72. The van der Waals surface area contributed by atoms with E-state index in [4.69, 9.17) is 4.74 Å². The number of ether oxygens (including phenoxy) is 1. The smallest absolute Gasteiger partial charge is 0.322 e. The Morgan fingerprint density at radius 3 is 2.79 bits per heavy atom. The number of hydrogen-bond acceptors (Lipinski definition) is 3. The zero-order valence-corrected chi connectivity index (χ0v) is 14.8. The number of unbranched alkanes of at least 4 members (excludes halogenated alkanes) is 2. The van der Waals surface area contributed by atoms with Crippen LogP contribution in [0.25, 0.3) is 5.57 Å². The second kappa shape index (κ2) is 5.11. The van der Waals surface area contributed by atoms with E-state index >= 15 is 0 Å². The standard InChI is InChI=1S/C21H26O3/c1-4-5-6-7-13-10-16(22)18-15-12-14-8-9-21(15,20(14,2)3)19(23)24-17(18)11-13/h10-12,14,22H,4-9H2,1-3H3/t14?,21-/m0/s1. The first-order chi connectivity index (χ1) is 11.4. The van der Waals surface area contributed by atoms with Gasteiger partial charge in [0.1, 0.15) is 11.5 Å². The molecule has 3 nitrogen and oxygen atoms in total. The molecule has 4 rings (SSSR count). The number of rotatable bonds is 4. The summed E-state index contributed by atoms with van der Waals surface area (Å²) in [7, 11) is 0. The van der Waals surface area contributed by atoms with Crippen molar-refractivity contribution in [1.82, 2.24) is 0 Å². The molecule has 24 heavy (non-hydrogen) atoms. The molecule has 0 amide bonds. The van der Waals surface area contributed by atoms with Gasteiger partial charge in [-0.2, -0.15) is 0 Å². The molecule has 0 aromatic heterocycles. The van der Waals surface area contributed by atoms with Gasteiger partial charge in [0.15, 0.2) is 0 Å². The first kappa shape index (κ1) is 15.7. The van der Waals surface area contributed by atoms with Gasteiger partial charge in [-0.3, -0.25) is 4.79 Å². The van der Waals surface area contributed by atoms with E-state index in [1.807, 2.05) is 12.1 Å². The number of aromatic hydroxyl groups is 1. The van der Waals surface area contributed by atoms with Crippen LogP contribution in [0, 0.1) is 16.7 Å². The number of phenols is 1. The summed E-state index contributed by atoms with van der Waals surface area (Å²) in [5, 5.41) is 10.7. The van der Waals surface area contributed by atoms with E-state index in [1.165, 1.54) is 6.42 Å². The Labute approximate surface area is 143 Å². The highest BCUT2D eigenvalue weighted by Crippen LogP contribution is 2.71. The van der Waals surface area contributed by atoms with Crippen LogP contribution in [-0.2, 0) is 11.2 Å². The van der Waals surface area contributed by atoms with Crippen LogP contribution in [0.5, 0.6) is 11.5 Å². The van der Waals surface area contributed by atoms with Gasteiger partial charge in [0, 0.05) is 0 Å². The van der Waals surface area contributed by atoms with E-state index in [-0.39, 0.29) is 17.1 Å². The van der Waals surface area contributed by atoms with E-state index in [0.29, 0.717) is 11.7 Å². The molecule has 2 atom stereocenters. The number of hydrogen-bond donors (Lipinski definition) is 1. The summed E-state index contributed by atoms with van der Waals surface area (Å²) in [4.78, 5) is 13.0. The van der Waals surface area contributed by atoms with Crippen LogP contribution in [0.4, 0.5) is 0 Å². The Balaban J connectivity index is 1.78. The normalized spacial score (nSPS) is 29.0. The van der Waals surface area contributed by atoms with Crippen molar-refractivity contribution in [3.8, 4) is 11.5 Å². The summed E-state index contributed by atoms with van der Waals surface area (Å²) in [6.45, 7) is 6.50. The largest absolute Gasteiger partial charge is 0.507 e. The minimum Gasteiger partial charge on any atom is -0.507 e. The second-order valence-corrected chi connectivity index (χ2v) is 8.19. The van der Waals surface area contributed by atoms with E-state index in [2.05, 4.69) is 26.8 Å². The van der Waals surface area contributed by atoms with Crippen molar-refractivity contribution < 1.29 is 14.6 Å². The van der Waals surface area contributed by atoms with Crippen LogP contribution in [0.15, 0.2) is 18.2 Å². The number of benzene rings is 1. The lowest BCUT2D eigenvalue weighted by Gasteiger charge is -2.41. The predicted molar refractivity (Wildman–Crippen MR) is 93.9 cm³/mol. The Morgan fingerprint density at radius 2 is 2.08 bits per heavy atom. The molecule has 1 unspecified atom stereocenters. The highest BCUT2D eigenvalue weighted by molar-refractivity contribution is 6.03. The van der Waals surface area contributed by atoms with Gasteiger partial charge in [0.2, 0.25) is 0 Å². The van der Waals surface area contributed by atoms with E-state index in [0.717, 1.165) is 48.8 Å². The fourth-order valence-corrected chi connectivity index (χ4v) is 5.18. The number of phenolic OH excluding ortho intramolecular Hbond substituents is 1. The number of carbonyl (C=O) groups excluding carboxylic acids is 1. The van der Waals surface area contributed by atoms with Crippen molar-refractivity contribution in [3.63, 3.8) is 0 Å². The molecular weight excluding hydrogens is 300 g/mol. The van der Waals surface area contributed by atoms with Crippen LogP contribution >= 0.6 is 0 Å². The second-order valence-electron chi connectivity index (χ2n) is 8.19. The average molecular weight is 326 g/mol. The fourth-order valence-electron chi connectivity index (χ4n) is 5.18. The summed E-state index contributed by atoms with van der Waals surface area (Å²) >= 11 is 0. The zero-order chi connectivity index (χ0) is 17.1.